The minimum atomic E-state index is -0.661. The molecule has 1 amide bonds. The van der Waals surface area contributed by atoms with Crippen LogP contribution in [0, 0.1) is 39.9 Å². The van der Waals surface area contributed by atoms with Crippen LogP contribution in [0.15, 0.2) is 53.7 Å². The first-order chi connectivity index (χ1) is 26.5. The molecule has 1 N–H and O–H groups in total. The van der Waals surface area contributed by atoms with Gasteiger partial charge in [-0.3, -0.25) is 19.2 Å². The van der Waals surface area contributed by atoms with Crippen LogP contribution in [0.25, 0.3) is 11.1 Å². The van der Waals surface area contributed by atoms with Crippen molar-refractivity contribution in [3.8, 4) is 0 Å². The largest absolute Gasteiger partial charge is 0.462 e. The van der Waals surface area contributed by atoms with E-state index in [0.29, 0.717) is 17.9 Å². The summed E-state index contributed by atoms with van der Waals surface area (Å²) in [7, 11) is 1.63. The molecule has 0 aromatic heterocycles. The van der Waals surface area contributed by atoms with Crippen molar-refractivity contribution < 1.29 is 33.4 Å². The fraction of sp³-hybridized carbons (Fsp3) is 0.592. The predicted molar refractivity (Wildman–Crippen MR) is 221 cm³/mol. The number of ketones is 1. The van der Waals surface area contributed by atoms with Crippen molar-refractivity contribution in [2.45, 2.75) is 138 Å². The van der Waals surface area contributed by atoms with Gasteiger partial charge in [-0.05, 0) is 136 Å². The lowest BCUT2D eigenvalue weighted by Crippen LogP contribution is -2.61. The van der Waals surface area contributed by atoms with Gasteiger partial charge in [-0.1, -0.05) is 56.7 Å². The zero-order valence-corrected chi connectivity index (χ0v) is 36.0. The molecule has 8 heteroatoms. The summed E-state index contributed by atoms with van der Waals surface area (Å²) in [6.45, 7) is 26.7. The molecule has 2 fully saturated rings. The van der Waals surface area contributed by atoms with Crippen LogP contribution in [0.2, 0.25) is 0 Å². The van der Waals surface area contributed by atoms with Gasteiger partial charge in [0, 0.05) is 48.9 Å². The van der Waals surface area contributed by atoms with Gasteiger partial charge in [0.05, 0.1) is 23.0 Å². The predicted octanol–water partition coefficient (Wildman–Crippen LogP) is 9.55. The lowest BCUT2D eigenvalue weighted by Gasteiger charge is -2.65. The highest BCUT2D eigenvalue weighted by molar-refractivity contribution is 6.12. The Labute approximate surface area is 338 Å². The number of likely N-dealkylation sites (N-methyl/N-ethyl adjacent to an activating group) is 1. The maximum absolute atomic E-state index is 15.3. The van der Waals surface area contributed by atoms with Crippen LogP contribution in [-0.4, -0.2) is 48.0 Å². The Morgan fingerprint density at radius 3 is 2.25 bits per heavy atom. The van der Waals surface area contributed by atoms with Crippen LogP contribution < -0.4 is 5.32 Å². The van der Waals surface area contributed by atoms with Gasteiger partial charge in [0.2, 0.25) is 5.91 Å². The molecule has 3 unspecified atom stereocenters. The van der Waals surface area contributed by atoms with E-state index in [-0.39, 0.29) is 58.3 Å². The van der Waals surface area contributed by atoms with Crippen molar-refractivity contribution in [2.24, 2.45) is 39.9 Å². The van der Waals surface area contributed by atoms with E-state index in [0.717, 1.165) is 59.1 Å². The molecule has 0 spiro atoms. The van der Waals surface area contributed by atoms with Gasteiger partial charge in [0.15, 0.2) is 5.78 Å². The molecule has 8 rings (SSSR count). The molecule has 304 valence electrons. The average molecular weight is 776 g/mol. The van der Waals surface area contributed by atoms with Crippen LogP contribution in [0.1, 0.15) is 153 Å². The molecule has 6 aliphatic carbocycles. The normalized spacial score (nSPS) is 37.8. The molecule has 0 bridgehead atoms. The van der Waals surface area contributed by atoms with Crippen LogP contribution in [0.5, 0.6) is 0 Å². The summed E-state index contributed by atoms with van der Waals surface area (Å²) in [5, 5.41) is 2.71. The standard InChI is InChI=1S/C49H61NO7/c1-24(2)35-38-36-29(22-30-32-23-45(6,7)57-46(8,9)41(32)43(56-27(5)52)37(30)39(36)42(35)53)31-21-28-16-17-33-47(10,19-14-15-25(3)44(54)50-13)34(55-26(4)51)18-20-48(33,11)49(28,12)40(31)38/h14-15,19,22-23,28,33-35,38,41,43H,1,16-18,20-21H2,2-13H3,(H,50,54)/b19-14+,25-15+/t28?,33-,34-,35+,38?,41?,43+,47-,48-,49+/m0/s1. The number of ether oxygens (including phenoxy) is 3. The Morgan fingerprint density at radius 1 is 0.930 bits per heavy atom. The number of hydrogen-bond acceptors (Lipinski definition) is 7. The number of carbonyl (C=O) groups is 4. The second-order valence-electron chi connectivity index (χ2n) is 20.1. The van der Waals surface area contributed by atoms with E-state index in [1.807, 2.05) is 19.1 Å². The molecular weight excluding hydrogens is 715 g/mol. The molecule has 1 aliphatic heterocycles. The van der Waals surface area contributed by atoms with Crippen LogP contribution >= 0.6 is 0 Å². The zero-order chi connectivity index (χ0) is 41.5. The number of esters is 2. The molecule has 10 atom stereocenters. The topological polar surface area (TPSA) is 108 Å². The highest BCUT2D eigenvalue weighted by Crippen LogP contribution is 2.78. The molecule has 8 nitrogen and oxygen atoms in total. The van der Waals surface area contributed by atoms with Gasteiger partial charge < -0.3 is 19.5 Å². The second-order valence-corrected chi connectivity index (χ2v) is 20.1. The summed E-state index contributed by atoms with van der Waals surface area (Å²) in [6.07, 6.45) is 11.8. The average Bonchev–Trinajstić information content (AvgIpc) is 3.78. The number of Topliss-reactive ketones (excluding diaryl/α,β-unsaturated/α-hetero) is 1. The van der Waals surface area contributed by atoms with Crippen molar-refractivity contribution in [2.75, 3.05) is 7.05 Å². The number of fused-ring (bicyclic) bond motifs is 10. The van der Waals surface area contributed by atoms with Crippen molar-refractivity contribution in [3.63, 3.8) is 0 Å². The lowest BCUT2D eigenvalue weighted by molar-refractivity contribution is -0.185. The SMILES string of the molecule is C=C(C)[C@H]1C(=O)c2c3c(cc4c2[C@@H](OC(C)=O)C2C4=CC(C)(C)OC2(C)C)C2=C(C31)[C@@]1(C)C(CC[C@H]3[C@](C)(/C=C/C=C(\C)C(=O)NC)[C@@H](OC(C)=O)CC[C@@]31C)C2. The Kier molecular flexibility index (Phi) is 8.88. The third-order valence-corrected chi connectivity index (χ3v) is 16.0. The first-order valence-electron chi connectivity index (χ1n) is 21.0. The maximum Gasteiger partial charge on any atom is 0.303 e. The van der Waals surface area contributed by atoms with Crippen LogP contribution in [0.4, 0.5) is 0 Å². The summed E-state index contributed by atoms with van der Waals surface area (Å²) in [6, 6.07) is 2.35. The van der Waals surface area contributed by atoms with Gasteiger partial charge in [-0.2, -0.15) is 0 Å². The lowest BCUT2D eigenvalue weighted by atomic mass is 9.39. The Morgan fingerprint density at radius 2 is 1.61 bits per heavy atom. The minimum absolute atomic E-state index is 0.0794. The van der Waals surface area contributed by atoms with E-state index in [9.17, 15) is 14.4 Å². The summed E-state index contributed by atoms with van der Waals surface area (Å²) in [5.41, 5.74) is 8.00. The Balaban J connectivity index is 1.32. The van der Waals surface area contributed by atoms with Gasteiger partial charge in [-0.15, -0.1) is 0 Å². The van der Waals surface area contributed by atoms with E-state index in [4.69, 9.17) is 14.2 Å². The first kappa shape index (κ1) is 39.8. The molecule has 0 radical (unpaired) electrons. The van der Waals surface area contributed by atoms with Gasteiger partial charge in [0.25, 0.3) is 0 Å². The summed E-state index contributed by atoms with van der Waals surface area (Å²) >= 11 is 0. The number of nitrogens with one attached hydrogen (secondary N) is 1. The smallest absolute Gasteiger partial charge is 0.303 e. The van der Waals surface area contributed by atoms with Gasteiger partial charge >= 0.3 is 11.9 Å². The molecule has 1 aromatic rings. The molecule has 0 saturated heterocycles. The summed E-state index contributed by atoms with van der Waals surface area (Å²) < 4.78 is 19.1. The maximum atomic E-state index is 15.3. The molecule has 57 heavy (non-hydrogen) atoms. The van der Waals surface area contributed by atoms with Crippen molar-refractivity contribution in [3.05, 3.63) is 81.5 Å². The zero-order valence-electron chi connectivity index (χ0n) is 36.0. The summed E-state index contributed by atoms with van der Waals surface area (Å²) in [5.74, 6) is -1.01. The third-order valence-electron chi connectivity index (χ3n) is 16.0. The number of carbonyl (C=O) groups excluding carboxylic acids is 4. The minimum Gasteiger partial charge on any atom is -0.462 e. The van der Waals surface area contributed by atoms with Crippen molar-refractivity contribution >= 4 is 34.8 Å². The monoisotopic (exact) mass is 775 g/mol. The van der Waals surface area contributed by atoms with Gasteiger partial charge in [0.1, 0.15) is 12.2 Å². The first-order valence-corrected chi connectivity index (χ1v) is 21.0. The van der Waals surface area contributed by atoms with Crippen molar-refractivity contribution in [1.82, 2.24) is 5.32 Å². The fourth-order valence-corrected chi connectivity index (χ4v) is 14.0. The van der Waals surface area contributed by atoms with E-state index in [1.165, 1.54) is 30.6 Å². The van der Waals surface area contributed by atoms with Crippen LogP contribution in [0.3, 0.4) is 0 Å². The number of amides is 1. The third kappa shape index (κ3) is 5.33. The number of rotatable bonds is 6. The number of hydrogen-bond donors (Lipinski definition) is 1. The Hall–Kier alpha value is -4.04. The molecule has 1 aromatic carbocycles. The quantitative estimate of drug-likeness (QED) is 0.133. The Bertz CT molecular complexity index is 2180. The van der Waals surface area contributed by atoms with E-state index >= 15 is 4.79 Å². The summed E-state index contributed by atoms with van der Waals surface area (Å²) in [4.78, 5) is 53.2. The van der Waals surface area contributed by atoms with Gasteiger partial charge in [-0.25, -0.2) is 0 Å². The highest BCUT2D eigenvalue weighted by Gasteiger charge is 2.70. The molecule has 1 heterocycles. The fourth-order valence-electron chi connectivity index (χ4n) is 14.0. The second kappa shape index (κ2) is 12.7. The molecular formula is C49H61NO7. The number of benzene rings is 1. The highest BCUT2D eigenvalue weighted by atomic mass is 16.6. The van der Waals surface area contributed by atoms with Crippen molar-refractivity contribution in [1.29, 1.82) is 0 Å². The molecule has 2 saturated carbocycles. The van der Waals surface area contributed by atoms with Crippen LogP contribution in [-0.2, 0) is 28.6 Å². The number of allylic oxidation sites excluding steroid dienone is 5. The molecule has 7 aliphatic rings. The van der Waals surface area contributed by atoms with E-state index in [2.05, 4.69) is 78.6 Å². The van der Waals surface area contributed by atoms with E-state index < -0.39 is 28.6 Å². The van der Waals surface area contributed by atoms with E-state index in [1.54, 1.807) is 14.0 Å².